The smallest absolute Gasteiger partial charge is 0.265 e. The Morgan fingerprint density at radius 3 is 3.06 bits per heavy atom. The van der Waals surface area contributed by atoms with Crippen LogP contribution in [0.1, 0.15) is 5.56 Å². The van der Waals surface area contributed by atoms with Gasteiger partial charge in [0.25, 0.3) is 5.91 Å². The van der Waals surface area contributed by atoms with Gasteiger partial charge in [-0.1, -0.05) is 17.5 Å². The Morgan fingerprint density at radius 2 is 2.38 bits per heavy atom. The Labute approximate surface area is 99.0 Å². The van der Waals surface area contributed by atoms with E-state index < -0.39 is 0 Å². The molecule has 1 aliphatic heterocycles. The second-order valence-corrected chi connectivity index (χ2v) is 3.95. The van der Waals surface area contributed by atoms with Crippen molar-refractivity contribution in [3.63, 3.8) is 0 Å². The number of terminal acetylenes is 1. The number of carbonyl (C=O) groups excluding carboxylic acids is 1. The van der Waals surface area contributed by atoms with Gasteiger partial charge >= 0.3 is 0 Å². The van der Waals surface area contributed by atoms with Crippen molar-refractivity contribution >= 4 is 23.2 Å². The molecule has 0 bridgehead atoms. The van der Waals surface area contributed by atoms with E-state index in [2.05, 4.69) is 5.92 Å². The van der Waals surface area contributed by atoms with Gasteiger partial charge in [-0.3, -0.25) is 9.69 Å². The molecule has 0 saturated carbocycles. The molecule has 16 heavy (non-hydrogen) atoms. The number of fused-ring (bicyclic) bond motifs is 1. The minimum atomic E-state index is -0.132. The molecule has 0 N–H and O–H groups in total. The summed E-state index contributed by atoms with van der Waals surface area (Å²) in [5.41, 5.74) is 1.58. The first kappa shape index (κ1) is 10.8. The van der Waals surface area contributed by atoms with Crippen LogP contribution in [0.25, 0.3) is 0 Å². The van der Waals surface area contributed by atoms with E-state index in [1.54, 1.807) is 6.07 Å². The van der Waals surface area contributed by atoms with Crippen LogP contribution in [0.2, 0.25) is 5.02 Å². The minimum absolute atomic E-state index is 0.00801. The van der Waals surface area contributed by atoms with E-state index in [1.807, 2.05) is 13.0 Å². The maximum atomic E-state index is 11.6. The Hall–Kier alpha value is -1.66. The zero-order valence-electron chi connectivity index (χ0n) is 8.79. The predicted octanol–water partition coefficient (Wildman–Crippen LogP) is 2.01. The largest absolute Gasteiger partial charge is 0.482 e. The molecule has 1 heterocycles. The molecule has 1 aliphatic rings. The molecule has 1 aromatic rings. The fourth-order valence-corrected chi connectivity index (χ4v) is 1.74. The molecule has 1 amide bonds. The molecule has 0 radical (unpaired) electrons. The third kappa shape index (κ3) is 1.72. The zero-order valence-corrected chi connectivity index (χ0v) is 9.54. The lowest BCUT2D eigenvalue weighted by molar-refractivity contribution is -0.121. The third-order valence-corrected chi connectivity index (χ3v) is 2.84. The van der Waals surface area contributed by atoms with Crippen LogP contribution in [0.4, 0.5) is 5.69 Å². The Balaban J connectivity index is 2.51. The summed E-state index contributed by atoms with van der Waals surface area (Å²) in [6.07, 6.45) is 5.24. The highest BCUT2D eigenvalue weighted by molar-refractivity contribution is 6.31. The molecule has 4 heteroatoms. The van der Waals surface area contributed by atoms with Gasteiger partial charge in [-0.05, 0) is 18.6 Å². The number of hydrogen-bond acceptors (Lipinski definition) is 2. The van der Waals surface area contributed by atoms with Crippen molar-refractivity contribution in [3.05, 3.63) is 22.7 Å². The van der Waals surface area contributed by atoms with E-state index in [0.29, 0.717) is 16.5 Å². The maximum absolute atomic E-state index is 11.6. The van der Waals surface area contributed by atoms with Crippen LogP contribution >= 0.6 is 11.6 Å². The van der Waals surface area contributed by atoms with E-state index in [4.69, 9.17) is 22.8 Å². The second-order valence-electron chi connectivity index (χ2n) is 3.54. The first-order valence-electron chi connectivity index (χ1n) is 4.80. The molecule has 0 aromatic heterocycles. The summed E-state index contributed by atoms with van der Waals surface area (Å²) in [5.74, 6) is 2.93. The number of carbonyl (C=O) groups is 1. The first-order chi connectivity index (χ1) is 7.63. The van der Waals surface area contributed by atoms with Crippen LogP contribution in [-0.4, -0.2) is 19.1 Å². The highest BCUT2D eigenvalue weighted by Gasteiger charge is 2.25. The van der Waals surface area contributed by atoms with Crippen molar-refractivity contribution in [2.75, 3.05) is 18.1 Å². The number of hydrogen-bond donors (Lipinski definition) is 0. The summed E-state index contributed by atoms with van der Waals surface area (Å²) in [6.45, 7) is 2.13. The lowest BCUT2D eigenvalue weighted by Gasteiger charge is -2.28. The fourth-order valence-electron chi connectivity index (χ4n) is 1.59. The number of anilines is 1. The first-order valence-corrected chi connectivity index (χ1v) is 5.18. The highest BCUT2D eigenvalue weighted by Crippen LogP contribution is 2.36. The van der Waals surface area contributed by atoms with Crippen LogP contribution in [-0.2, 0) is 4.79 Å². The number of aryl methyl sites for hydroxylation is 1. The van der Waals surface area contributed by atoms with Crippen LogP contribution in [0.3, 0.4) is 0 Å². The van der Waals surface area contributed by atoms with Crippen LogP contribution < -0.4 is 9.64 Å². The van der Waals surface area contributed by atoms with Crippen molar-refractivity contribution in [2.24, 2.45) is 0 Å². The van der Waals surface area contributed by atoms with Gasteiger partial charge in [0.2, 0.25) is 0 Å². The van der Waals surface area contributed by atoms with Crippen LogP contribution in [0, 0.1) is 19.3 Å². The van der Waals surface area contributed by atoms with Crippen molar-refractivity contribution in [2.45, 2.75) is 6.92 Å². The topological polar surface area (TPSA) is 29.5 Å². The average molecular weight is 236 g/mol. The van der Waals surface area contributed by atoms with Gasteiger partial charge in [0.1, 0.15) is 5.75 Å². The summed E-state index contributed by atoms with van der Waals surface area (Å²) in [5, 5.41) is 0.619. The van der Waals surface area contributed by atoms with Gasteiger partial charge in [-0.2, -0.15) is 0 Å². The van der Waals surface area contributed by atoms with Gasteiger partial charge in [0, 0.05) is 11.1 Å². The van der Waals surface area contributed by atoms with Crippen LogP contribution in [0.5, 0.6) is 5.75 Å². The Kier molecular flexibility index (Phi) is 2.76. The molecule has 0 unspecified atom stereocenters. The summed E-state index contributed by atoms with van der Waals surface area (Å²) in [6, 6.07) is 3.52. The zero-order chi connectivity index (χ0) is 11.7. The Morgan fingerprint density at radius 1 is 1.62 bits per heavy atom. The van der Waals surface area contributed by atoms with Crippen molar-refractivity contribution in [1.29, 1.82) is 0 Å². The molecule has 2 rings (SSSR count). The van der Waals surface area contributed by atoms with E-state index in [-0.39, 0.29) is 19.1 Å². The number of halogens is 1. The minimum Gasteiger partial charge on any atom is -0.482 e. The van der Waals surface area contributed by atoms with Crippen molar-refractivity contribution in [1.82, 2.24) is 0 Å². The van der Waals surface area contributed by atoms with Crippen molar-refractivity contribution in [3.8, 4) is 18.1 Å². The van der Waals surface area contributed by atoms with E-state index in [1.165, 1.54) is 4.90 Å². The molecule has 0 saturated heterocycles. The average Bonchev–Trinajstić information content (AvgIpc) is 2.25. The van der Waals surface area contributed by atoms with E-state index in [9.17, 15) is 4.79 Å². The van der Waals surface area contributed by atoms with Gasteiger partial charge in [0.05, 0.1) is 12.2 Å². The summed E-state index contributed by atoms with van der Waals surface area (Å²) >= 11 is 5.98. The molecule has 1 aromatic carbocycles. The second kappa shape index (κ2) is 4.07. The third-order valence-electron chi connectivity index (χ3n) is 2.43. The quantitative estimate of drug-likeness (QED) is 0.697. The number of benzene rings is 1. The lowest BCUT2D eigenvalue weighted by atomic mass is 10.1. The number of rotatable bonds is 1. The monoisotopic (exact) mass is 235 g/mol. The Bertz CT molecular complexity index is 491. The van der Waals surface area contributed by atoms with E-state index in [0.717, 1.165) is 5.56 Å². The van der Waals surface area contributed by atoms with Crippen molar-refractivity contribution < 1.29 is 9.53 Å². The normalized spacial score (nSPS) is 14.1. The highest BCUT2D eigenvalue weighted by atomic mass is 35.5. The molecule has 82 valence electrons. The number of ether oxygens (including phenoxy) is 1. The van der Waals surface area contributed by atoms with Gasteiger partial charge < -0.3 is 4.74 Å². The lowest BCUT2D eigenvalue weighted by Crippen LogP contribution is -2.39. The summed E-state index contributed by atoms with van der Waals surface area (Å²) in [4.78, 5) is 13.1. The fraction of sp³-hybridized carbons (Fsp3) is 0.250. The molecule has 3 nitrogen and oxygen atoms in total. The standard InChI is InChI=1S/C12H10ClNO2/c1-3-4-14-10-5-8(2)9(13)6-11(10)16-7-12(14)15/h1,5-6H,4,7H2,2H3. The molecular formula is C12H10ClNO2. The predicted molar refractivity (Wildman–Crippen MR) is 62.9 cm³/mol. The molecule has 0 aliphatic carbocycles. The van der Waals surface area contributed by atoms with Gasteiger partial charge in [-0.15, -0.1) is 6.42 Å². The van der Waals surface area contributed by atoms with Gasteiger partial charge in [-0.25, -0.2) is 0 Å². The molecule has 0 fully saturated rings. The molecule has 0 atom stereocenters. The summed E-state index contributed by atoms with van der Waals surface area (Å²) in [7, 11) is 0. The van der Waals surface area contributed by atoms with Crippen LogP contribution in [0.15, 0.2) is 12.1 Å². The number of amides is 1. The molecular weight excluding hydrogens is 226 g/mol. The van der Waals surface area contributed by atoms with Gasteiger partial charge in [0.15, 0.2) is 6.61 Å². The number of nitrogens with zero attached hydrogens (tertiary/aromatic N) is 1. The van der Waals surface area contributed by atoms with E-state index >= 15 is 0 Å². The maximum Gasteiger partial charge on any atom is 0.265 e. The molecule has 0 spiro atoms. The summed E-state index contributed by atoms with van der Waals surface area (Å²) < 4.78 is 5.30. The SMILES string of the molecule is C#CCN1C(=O)COc2cc(Cl)c(C)cc21.